The number of rotatable bonds is 8. The molecule has 1 heterocycles. The predicted molar refractivity (Wildman–Crippen MR) is 121 cm³/mol. The second kappa shape index (κ2) is 10.1. The number of para-hydroxylation sites is 1. The Balaban J connectivity index is 1.71. The highest BCUT2D eigenvalue weighted by Crippen LogP contribution is 2.32. The van der Waals surface area contributed by atoms with Gasteiger partial charge in [0.25, 0.3) is 0 Å². The summed E-state index contributed by atoms with van der Waals surface area (Å²) in [6.07, 6.45) is -2.63. The van der Waals surface area contributed by atoms with Crippen molar-refractivity contribution in [2.45, 2.75) is 31.5 Å². The molecule has 0 atom stereocenters. The van der Waals surface area contributed by atoms with E-state index in [1.165, 1.54) is 23.9 Å². The summed E-state index contributed by atoms with van der Waals surface area (Å²) < 4.78 is 40.5. The van der Waals surface area contributed by atoms with Gasteiger partial charge in [-0.1, -0.05) is 24.3 Å². The molecule has 2 amide bonds. The van der Waals surface area contributed by atoms with Gasteiger partial charge in [-0.2, -0.15) is 13.2 Å². The minimum Gasteiger partial charge on any atom is -0.342 e. The third-order valence-electron chi connectivity index (χ3n) is 5.01. The van der Waals surface area contributed by atoms with Crippen molar-refractivity contribution in [2.75, 3.05) is 24.2 Å². The van der Waals surface area contributed by atoms with E-state index in [-0.39, 0.29) is 23.9 Å². The van der Waals surface area contributed by atoms with Crippen LogP contribution >= 0.6 is 11.8 Å². The summed E-state index contributed by atoms with van der Waals surface area (Å²) in [5, 5.41) is 3.43. The third-order valence-corrected chi connectivity index (χ3v) is 6.05. The number of thioether (sulfide) groups is 1. The van der Waals surface area contributed by atoms with Gasteiger partial charge in [-0.3, -0.25) is 9.59 Å². The Labute approximate surface area is 188 Å². The molecule has 1 aromatic heterocycles. The summed E-state index contributed by atoms with van der Waals surface area (Å²) in [7, 11) is 0. The van der Waals surface area contributed by atoms with Crippen molar-refractivity contribution in [1.29, 1.82) is 0 Å². The standard InChI is InChI=1S/C23H24F3N3O2S/c1-3-28(4-2)22(31)14-29-13-20(18-10-5-6-11-19(18)29)32-15-21(30)27-17-9-7-8-16(12-17)23(24,25)26/h5-13H,3-4,14-15H2,1-2H3,(H,27,30). The van der Waals surface area contributed by atoms with Crippen molar-refractivity contribution in [3.05, 3.63) is 60.3 Å². The molecule has 5 nitrogen and oxygen atoms in total. The number of carbonyl (C=O) groups excluding carboxylic acids is 2. The number of likely N-dealkylation sites (N-methyl/N-ethyl adjacent to an activating group) is 1. The van der Waals surface area contributed by atoms with Crippen LogP contribution in [0.5, 0.6) is 0 Å². The fourth-order valence-corrected chi connectivity index (χ4v) is 4.28. The molecule has 0 bridgehead atoms. The smallest absolute Gasteiger partial charge is 0.342 e. The lowest BCUT2D eigenvalue weighted by Crippen LogP contribution is -2.33. The summed E-state index contributed by atoms with van der Waals surface area (Å²) in [5.41, 5.74) is 0.162. The molecule has 170 valence electrons. The first kappa shape index (κ1) is 23.7. The van der Waals surface area contributed by atoms with E-state index in [4.69, 9.17) is 0 Å². The van der Waals surface area contributed by atoms with Gasteiger partial charge in [0.1, 0.15) is 6.54 Å². The lowest BCUT2D eigenvalue weighted by atomic mass is 10.2. The normalized spacial score (nSPS) is 11.5. The molecule has 0 aliphatic heterocycles. The van der Waals surface area contributed by atoms with Crippen molar-refractivity contribution in [3.63, 3.8) is 0 Å². The van der Waals surface area contributed by atoms with Gasteiger partial charge in [0.15, 0.2) is 0 Å². The van der Waals surface area contributed by atoms with E-state index in [1.54, 1.807) is 4.90 Å². The molecule has 0 unspecified atom stereocenters. The van der Waals surface area contributed by atoms with Gasteiger partial charge in [0.05, 0.1) is 11.3 Å². The van der Waals surface area contributed by atoms with Crippen LogP contribution in [-0.4, -0.2) is 40.1 Å². The number of anilines is 1. The lowest BCUT2D eigenvalue weighted by molar-refractivity contribution is -0.137. The largest absolute Gasteiger partial charge is 0.416 e. The van der Waals surface area contributed by atoms with Gasteiger partial charge in [-0.05, 0) is 38.1 Å². The van der Waals surface area contributed by atoms with Crippen LogP contribution in [0.2, 0.25) is 0 Å². The zero-order valence-corrected chi connectivity index (χ0v) is 18.6. The summed E-state index contributed by atoms with van der Waals surface area (Å²) in [5.74, 6) is -0.381. The van der Waals surface area contributed by atoms with E-state index in [1.807, 2.05) is 48.9 Å². The SMILES string of the molecule is CCN(CC)C(=O)Cn1cc(SCC(=O)Nc2cccc(C(F)(F)F)c2)c2ccccc21. The topological polar surface area (TPSA) is 54.3 Å². The Morgan fingerprint density at radius 3 is 2.47 bits per heavy atom. The van der Waals surface area contributed by atoms with Crippen LogP contribution in [-0.2, 0) is 22.3 Å². The second-order valence-corrected chi connectivity index (χ2v) is 8.14. The van der Waals surface area contributed by atoms with E-state index in [0.717, 1.165) is 27.9 Å². The number of benzene rings is 2. The Morgan fingerprint density at radius 2 is 1.78 bits per heavy atom. The van der Waals surface area contributed by atoms with Crippen molar-refractivity contribution in [1.82, 2.24) is 9.47 Å². The minimum atomic E-state index is -4.47. The van der Waals surface area contributed by atoms with Crippen LogP contribution in [0.25, 0.3) is 10.9 Å². The number of nitrogens with zero attached hydrogens (tertiary/aromatic N) is 2. The van der Waals surface area contributed by atoms with Crippen molar-refractivity contribution in [2.24, 2.45) is 0 Å². The molecule has 3 aromatic rings. The van der Waals surface area contributed by atoms with Crippen LogP contribution in [0.4, 0.5) is 18.9 Å². The van der Waals surface area contributed by atoms with Crippen LogP contribution in [0.3, 0.4) is 0 Å². The maximum atomic E-state index is 12.9. The Morgan fingerprint density at radius 1 is 1.06 bits per heavy atom. The number of alkyl halides is 3. The molecular formula is C23H24F3N3O2S. The van der Waals surface area contributed by atoms with Gasteiger partial charge in [-0.25, -0.2) is 0 Å². The van der Waals surface area contributed by atoms with Gasteiger partial charge in [0, 0.05) is 40.8 Å². The number of carbonyl (C=O) groups is 2. The van der Waals surface area contributed by atoms with E-state index in [9.17, 15) is 22.8 Å². The molecule has 0 saturated heterocycles. The predicted octanol–water partition coefficient (Wildman–Crippen LogP) is 5.26. The molecule has 0 fully saturated rings. The average Bonchev–Trinajstić information content (AvgIpc) is 3.10. The lowest BCUT2D eigenvalue weighted by Gasteiger charge is -2.19. The molecule has 2 aromatic carbocycles. The Hall–Kier alpha value is -2.94. The molecule has 32 heavy (non-hydrogen) atoms. The highest BCUT2D eigenvalue weighted by atomic mass is 32.2. The highest BCUT2D eigenvalue weighted by molar-refractivity contribution is 8.00. The first-order chi connectivity index (χ1) is 15.2. The summed E-state index contributed by atoms with van der Waals surface area (Å²) in [4.78, 5) is 27.5. The first-order valence-electron chi connectivity index (χ1n) is 10.2. The number of hydrogen-bond donors (Lipinski definition) is 1. The van der Waals surface area contributed by atoms with Crippen LogP contribution < -0.4 is 5.32 Å². The van der Waals surface area contributed by atoms with E-state index >= 15 is 0 Å². The average molecular weight is 464 g/mol. The van der Waals surface area contributed by atoms with Gasteiger partial charge >= 0.3 is 6.18 Å². The van der Waals surface area contributed by atoms with E-state index in [0.29, 0.717) is 13.1 Å². The maximum Gasteiger partial charge on any atom is 0.416 e. The zero-order chi connectivity index (χ0) is 23.3. The van der Waals surface area contributed by atoms with Crippen LogP contribution in [0.15, 0.2) is 59.6 Å². The number of fused-ring (bicyclic) bond motifs is 1. The second-order valence-electron chi connectivity index (χ2n) is 7.12. The van der Waals surface area contributed by atoms with Gasteiger partial charge in [0.2, 0.25) is 11.8 Å². The molecule has 0 radical (unpaired) electrons. The number of halogens is 3. The number of hydrogen-bond acceptors (Lipinski definition) is 3. The monoisotopic (exact) mass is 463 g/mol. The van der Waals surface area contributed by atoms with Crippen LogP contribution in [0.1, 0.15) is 19.4 Å². The van der Waals surface area contributed by atoms with Crippen molar-refractivity contribution in [3.8, 4) is 0 Å². The number of amides is 2. The summed E-state index contributed by atoms with van der Waals surface area (Å²) in [6, 6.07) is 12.1. The number of aromatic nitrogens is 1. The first-order valence-corrected chi connectivity index (χ1v) is 11.2. The van der Waals surface area contributed by atoms with E-state index in [2.05, 4.69) is 5.32 Å². The quantitative estimate of drug-likeness (QED) is 0.464. The van der Waals surface area contributed by atoms with Gasteiger partial charge in [-0.15, -0.1) is 11.8 Å². The molecule has 0 saturated carbocycles. The van der Waals surface area contributed by atoms with Crippen molar-refractivity contribution >= 4 is 40.2 Å². The van der Waals surface area contributed by atoms with Crippen molar-refractivity contribution < 1.29 is 22.8 Å². The van der Waals surface area contributed by atoms with Crippen LogP contribution in [0, 0.1) is 0 Å². The zero-order valence-electron chi connectivity index (χ0n) is 17.8. The molecule has 0 aliphatic rings. The fourth-order valence-electron chi connectivity index (χ4n) is 3.39. The fraction of sp³-hybridized carbons (Fsp3) is 0.304. The molecule has 3 rings (SSSR count). The van der Waals surface area contributed by atoms with Gasteiger partial charge < -0.3 is 14.8 Å². The molecule has 0 aliphatic carbocycles. The summed E-state index contributed by atoms with van der Waals surface area (Å²) >= 11 is 1.27. The third kappa shape index (κ3) is 5.64. The molecular weight excluding hydrogens is 439 g/mol. The Bertz CT molecular complexity index is 1110. The Kier molecular flexibility index (Phi) is 7.50. The molecule has 1 N–H and O–H groups in total. The summed E-state index contributed by atoms with van der Waals surface area (Å²) in [6.45, 7) is 5.32. The van der Waals surface area contributed by atoms with E-state index < -0.39 is 17.6 Å². The maximum absolute atomic E-state index is 12.9. The minimum absolute atomic E-state index is 0.00888. The highest BCUT2D eigenvalue weighted by Gasteiger charge is 2.30. The molecule has 0 spiro atoms. The number of nitrogens with one attached hydrogen (secondary N) is 1. The molecule has 9 heteroatoms.